The van der Waals surface area contributed by atoms with Crippen molar-refractivity contribution in [1.82, 2.24) is 10.2 Å². The number of likely N-dealkylation sites (tertiary alicyclic amines) is 1. The van der Waals surface area contributed by atoms with Gasteiger partial charge in [0, 0.05) is 25.8 Å². The molecule has 1 heterocycles. The molecule has 0 bridgehead atoms. The smallest absolute Gasteiger partial charge is 0.328 e. The SMILES string of the molecule is COC(=O)[C@@H](C[C@H](C)C#N)NC(=O)[C@@H]1C[C@@H](O)CN1C(C)=O. The van der Waals surface area contributed by atoms with Gasteiger partial charge in [-0.05, 0) is 13.3 Å². The molecule has 0 saturated carbocycles. The Morgan fingerprint density at radius 1 is 1.50 bits per heavy atom. The molecule has 1 aliphatic heterocycles. The lowest BCUT2D eigenvalue weighted by Crippen LogP contribution is -2.51. The van der Waals surface area contributed by atoms with E-state index in [2.05, 4.69) is 10.1 Å². The number of aliphatic hydroxyl groups is 1. The number of rotatable bonds is 5. The minimum absolute atomic E-state index is 0.0882. The summed E-state index contributed by atoms with van der Waals surface area (Å²) in [6, 6.07) is 0.206. The number of hydrogen-bond acceptors (Lipinski definition) is 6. The number of nitriles is 1. The molecule has 4 atom stereocenters. The highest BCUT2D eigenvalue weighted by Crippen LogP contribution is 2.19. The Labute approximate surface area is 129 Å². The minimum Gasteiger partial charge on any atom is -0.467 e. The van der Waals surface area contributed by atoms with Gasteiger partial charge in [-0.3, -0.25) is 9.59 Å². The van der Waals surface area contributed by atoms with E-state index in [1.54, 1.807) is 6.92 Å². The Kier molecular flexibility index (Phi) is 6.31. The number of aliphatic hydroxyl groups excluding tert-OH is 1. The zero-order valence-corrected chi connectivity index (χ0v) is 12.9. The standard InChI is InChI=1S/C14H21N3O5/c1-8(6-15)4-11(14(21)22-3)16-13(20)12-5-10(19)7-17(12)9(2)18/h8,10-12,19H,4-5,7H2,1-3H3,(H,16,20)/t8-,10+,11+,12-/m0/s1. The number of amides is 2. The molecule has 0 aliphatic carbocycles. The summed E-state index contributed by atoms with van der Waals surface area (Å²) in [6.07, 6.45) is -0.536. The second kappa shape index (κ2) is 7.75. The zero-order valence-electron chi connectivity index (χ0n) is 12.9. The summed E-state index contributed by atoms with van der Waals surface area (Å²) >= 11 is 0. The molecule has 0 unspecified atom stereocenters. The van der Waals surface area contributed by atoms with Crippen molar-refractivity contribution >= 4 is 17.8 Å². The fourth-order valence-electron chi connectivity index (χ4n) is 2.44. The second-order valence-corrected chi connectivity index (χ2v) is 5.43. The highest BCUT2D eigenvalue weighted by Gasteiger charge is 2.39. The van der Waals surface area contributed by atoms with E-state index in [4.69, 9.17) is 5.26 Å². The van der Waals surface area contributed by atoms with E-state index in [1.165, 1.54) is 18.9 Å². The monoisotopic (exact) mass is 311 g/mol. The summed E-state index contributed by atoms with van der Waals surface area (Å²) < 4.78 is 4.62. The first-order chi connectivity index (χ1) is 10.3. The first-order valence-corrected chi connectivity index (χ1v) is 7.03. The molecule has 22 heavy (non-hydrogen) atoms. The fraction of sp³-hybridized carbons (Fsp3) is 0.714. The van der Waals surface area contributed by atoms with Crippen LogP contribution in [0.5, 0.6) is 0 Å². The first kappa shape index (κ1) is 17.9. The van der Waals surface area contributed by atoms with E-state index in [0.717, 1.165) is 0 Å². The Morgan fingerprint density at radius 2 is 2.14 bits per heavy atom. The molecular formula is C14H21N3O5. The van der Waals surface area contributed by atoms with Gasteiger partial charge in [-0.2, -0.15) is 5.26 Å². The molecule has 2 amide bonds. The number of nitrogens with zero attached hydrogens (tertiary/aromatic N) is 2. The quantitative estimate of drug-likeness (QED) is 0.640. The van der Waals surface area contributed by atoms with Crippen LogP contribution in [0.4, 0.5) is 0 Å². The van der Waals surface area contributed by atoms with Gasteiger partial charge in [-0.25, -0.2) is 4.79 Å². The molecule has 0 aromatic heterocycles. The van der Waals surface area contributed by atoms with Crippen molar-refractivity contribution < 1.29 is 24.2 Å². The van der Waals surface area contributed by atoms with Crippen LogP contribution in [0.2, 0.25) is 0 Å². The highest BCUT2D eigenvalue weighted by atomic mass is 16.5. The van der Waals surface area contributed by atoms with Crippen LogP contribution < -0.4 is 5.32 Å². The Morgan fingerprint density at radius 3 is 2.64 bits per heavy atom. The molecule has 8 nitrogen and oxygen atoms in total. The van der Waals surface area contributed by atoms with Crippen molar-refractivity contribution in [3.05, 3.63) is 0 Å². The fourth-order valence-corrected chi connectivity index (χ4v) is 2.44. The van der Waals surface area contributed by atoms with Crippen molar-refractivity contribution in [1.29, 1.82) is 5.26 Å². The van der Waals surface area contributed by atoms with E-state index in [-0.39, 0.29) is 25.3 Å². The summed E-state index contributed by atoms with van der Waals surface area (Å²) in [5, 5.41) is 21.0. The van der Waals surface area contributed by atoms with Crippen LogP contribution in [0, 0.1) is 17.2 Å². The largest absolute Gasteiger partial charge is 0.467 e. The van der Waals surface area contributed by atoms with Crippen LogP contribution in [0.3, 0.4) is 0 Å². The molecule has 0 aromatic rings. The second-order valence-electron chi connectivity index (χ2n) is 5.43. The average molecular weight is 311 g/mol. The third-order valence-corrected chi connectivity index (χ3v) is 3.60. The Hall–Kier alpha value is -2.14. The number of hydrogen-bond donors (Lipinski definition) is 2. The molecule has 1 saturated heterocycles. The summed E-state index contributed by atoms with van der Waals surface area (Å²) in [7, 11) is 1.19. The Balaban J connectivity index is 2.79. The first-order valence-electron chi connectivity index (χ1n) is 7.03. The highest BCUT2D eigenvalue weighted by molar-refractivity contribution is 5.90. The number of ether oxygens (including phenoxy) is 1. The molecule has 0 aromatic carbocycles. The lowest BCUT2D eigenvalue weighted by Gasteiger charge is -2.24. The number of nitrogens with one attached hydrogen (secondary N) is 1. The van der Waals surface area contributed by atoms with Crippen molar-refractivity contribution in [3.63, 3.8) is 0 Å². The normalized spacial score (nSPS) is 23.3. The molecule has 0 spiro atoms. The number of β-amino-alcohol motifs (C(OH)–C–C–N with tert-alkyl or cyclic N) is 1. The molecule has 1 fully saturated rings. The summed E-state index contributed by atoms with van der Waals surface area (Å²) in [5.74, 6) is -1.95. The van der Waals surface area contributed by atoms with Gasteiger partial charge in [0.25, 0.3) is 0 Å². The van der Waals surface area contributed by atoms with Crippen LogP contribution in [-0.4, -0.2) is 59.6 Å². The molecule has 0 radical (unpaired) electrons. The van der Waals surface area contributed by atoms with Gasteiger partial charge in [0.05, 0.1) is 19.3 Å². The van der Waals surface area contributed by atoms with Crippen LogP contribution in [-0.2, 0) is 19.1 Å². The van der Waals surface area contributed by atoms with Crippen molar-refractivity contribution in [2.24, 2.45) is 5.92 Å². The molecule has 2 N–H and O–H groups in total. The van der Waals surface area contributed by atoms with Gasteiger partial charge in [0.2, 0.25) is 11.8 Å². The molecular weight excluding hydrogens is 290 g/mol. The van der Waals surface area contributed by atoms with Crippen LogP contribution in [0.25, 0.3) is 0 Å². The van der Waals surface area contributed by atoms with E-state index >= 15 is 0 Å². The van der Waals surface area contributed by atoms with Crippen molar-refractivity contribution in [3.8, 4) is 6.07 Å². The number of methoxy groups -OCH3 is 1. The van der Waals surface area contributed by atoms with Crippen LogP contribution in [0.1, 0.15) is 26.7 Å². The zero-order chi connectivity index (χ0) is 16.9. The third-order valence-electron chi connectivity index (χ3n) is 3.60. The van der Waals surface area contributed by atoms with Gasteiger partial charge >= 0.3 is 5.97 Å². The molecule has 8 heteroatoms. The number of carbonyl (C=O) groups is 3. The van der Waals surface area contributed by atoms with E-state index in [0.29, 0.717) is 0 Å². The van der Waals surface area contributed by atoms with Gasteiger partial charge in [0.1, 0.15) is 12.1 Å². The molecule has 1 rings (SSSR count). The summed E-state index contributed by atoms with van der Waals surface area (Å²) in [4.78, 5) is 36.8. The van der Waals surface area contributed by atoms with Gasteiger partial charge in [-0.15, -0.1) is 0 Å². The summed E-state index contributed by atoms with van der Waals surface area (Å²) in [6.45, 7) is 3.03. The maximum atomic E-state index is 12.3. The maximum absolute atomic E-state index is 12.3. The van der Waals surface area contributed by atoms with Gasteiger partial charge < -0.3 is 20.1 Å². The minimum atomic E-state index is -0.960. The number of esters is 1. The van der Waals surface area contributed by atoms with E-state index < -0.39 is 36.0 Å². The Bertz CT molecular complexity index is 487. The molecule has 1 aliphatic rings. The van der Waals surface area contributed by atoms with Gasteiger partial charge in [0.15, 0.2) is 0 Å². The third kappa shape index (κ3) is 4.43. The van der Waals surface area contributed by atoms with Crippen molar-refractivity contribution in [2.75, 3.05) is 13.7 Å². The van der Waals surface area contributed by atoms with E-state index in [1.807, 2.05) is 6.07 Å². The lowest BCUT2D eigenvalue weighted by atomic mass is 10.0. The van der Waals surface area contributed by atoms with Gasteiger partial charge in [-0.1, -0.05) is 0 Å². The number of carbonyl (C=O) groups excluding carboxylic acids is 3. The van der Waals surface area contributed by atoms with E-state index in [9.17, 15) is 19.5 Å². The lowest BCUT2D eigenvalue weighted by molar-refractivity contribution is -0.146. The predicted molar refractivity (Wildman–Crippen MR) is 75.1 cm³/mol. The maximum Gasteiger partial charge on any atom is 0.328 e. The molecule has 122 valence electrons. The van der Waals surface area contributed by atoms with Crippen molar-refractivity contribution in [2.45, 2.75) is 44.9 Å². The predicted octanol–water partition coefficient (Wildman–Crippen LogP) is -0.824. The average Bonchev–Trinajstić information content (AvgIpc) is 2.87. The van der Waals surface area contributed by atoms with Crippen LogP contribution >= 0.6 is 0 Å². The topological polar surface area (TPSA) is 120 Å². The summed E-state index contributed by atoms with van der Waals surface area (Å²) in [5.41, 5.74) is 0. The van der Waals surface area contributed by atoms with Crippen LogP contribution in [0.15, 0.2) is 0 Å².